The zero-order chi connectivity index (χ0) is 12.0. The molecule has 1 aromatic heterocycles. The third-order valence-corrected chi connectivity index (χ3v) is 2.08. The molecule has 6 heteroatoms. The fourth-order valence-electron chi connectivity index (χ4n) is 1.33. The van der Waals surface area contributed by atoms with Crippen LogP contribution in [0.2, 0.25) is 0 Å². The van der Waals surface area contributed by atoms with Crippen LogP contribution < -0.4 is 4.65 Å². The lowest BCUT2D eigenvalue weighted by atomic mass is 10.2. The molecule has 0 fully saturated rings. The van der Waals surface area contributed by atoms with Gasteiger partial charge in [0, 0.05) is 5.69 Å². The van der Waals surface area contributed by atoms with E-state index in [9.17, 15) is 0 Å². The lowest BCUT2D eigenvalue weighted by Crippen LogP contribution is -2.20. The van der Waals surface area contributed by atoms with Gasteiger partial charge in [0.25, 0.3) is 0 Å². The highest BCUT2D eigenvalue weighted by atomic mass is 16.6. The topological polar surface area (TPSA) is 65.8 Å². The summed E-state index contributed by atoms with van der Waals surface area (Å²) < 4.78 is 4.65. The van der Waals surface area contributed by atoms with Crippen LogP contribution >= 0.6 is 0 Å². The van der Waals surface area contributed by atoms with Crippen molar-refractivity contribution in [2.45, 2.75) is 12.8 Å². The summed E-state index contributed by atoms with van der Waals surface area (Å²) in [5.74, 6) is 0.353. The van der Waals surface area contributed by atoms with E-state index in [1.807, 2.05) is 20.2 Å². The van der Waals surface area contributed by atoms with E-state index < -0.39 is 7.32 Å². The van der Waals surface area contributed by atoms with Gasteiger partial charge >= 0.3 is 7.32 Å². The molecule has 0 spiro atoms. The van der Waals surface area contributed by atoms with Crippen LogP contribution in [-0.2, 0) is 6.42 Å². The van der Waals surface area contributed by atoms with E-state index >= 15 is 0 Å². The van der Waals surface area contributed by atoms with Crippen LogP contribution in [-0.4, -0.2) is 47.9 Å². The van der Waals surface area contributed by atoms with Crippen LogP contribution in [0.4, 0.5) is 0 Å². The van der Waals surface area contributed by atoms with E-state index in [0.717, 1.165) is 25.1 Å². The molecule has 0 aliphatic carbocycles. The van der Waals surface area contributed by atoms with Gasteiger partial charge in [0.2, 0.25) is 0 Å². The summed E-state index contributed by atoms with van der Waals surface area (Å²) in [4.78, 5) is 6.29. The van der Waals surface area contributed by atoms with Gasteiger partial charge in [-0.2, -0.15) is 0 Å². The predicted molar refractivity (Wildman–Crippen MR) is 61.9 cm³/mol. The fraction of sp³-hybridized carbons (Fsp3) is 0.500. The highest BCUT2D eigenvalue weighted by Crippen LogP contribution is 2.10. The molecule has 2 N–H and O–H groups in total. The Morgan fingerprint density at radius 2 is 2.12 bits per heavy atom. The van der Waals surface area contributed by atoms with Gasteiger partial charge in [-0.1, -0.05) is 0 Å². The third-order valence-electron chi connectivity index (χ3n) is 2.08. The molecular weight excluding hydrogens is 207 g/mol. The standard InChI is InChI=1S/C10H17BN2O3/c1-13(2)7-3-4-9-5-6-10(8-12-9)16-11(14)15/h5-6,8,14-15H,3-4,7H2,1-2H3. The van der Waals surface area contributed by atoms with Gasteiger partial charge < -0.3 is 19.6 Å². The predicted octanol–water partition coefficient (Wildman–Crippen LogP) is -0.0759. The molecule has 0 saturated heterocycles. The molecule has 0 aliphatic heterocycles. The monoisotopic (exact) mass is 224 g/mol. The van der Waals surface area contributed by atoms with Crippen molar-refractivity contribution in [2.75, 3.05) is 20.6 Å². The molecule has 1 aromatic rings. The van der Waals surface area contributed by atoms with Crippen molar-refractivity contribution in [2.24, 2.45) is 0 Å². The fourth-order valence-corrected chi connectivity index (χ4v) is 1.33. The average Bonchev–Trinajstić information content (AvgIpc) is 2.19. The number of hydrogen-bond donors (Lipinski definition) is 2. The van der Waals surface area contributed by atoms with E-state index in [1.54, 1.807) is 6.07 Å². The molecule has 0 radical (unpaired) electrons. The first-order valence-electron chi connectivity index (χ1n) is 5.20. The molecule has 0 aliphatic rings. The van der Waals surface area contributed by atoms with E-state index in [4.69, 9.17) is 10.0 Å². The molecule has 0 amide bonds. The van der Waals surface area contributed by atoms with Gasteiger partial charge in [-0.25, -0.2) is 0 Å². The smallest absolute Gasteiger partial charge is 0.511 e. The summed E-state index contributed by atoms with van der Waals surface area (Å²) in [6, 6.07) is 3.50. The van der Waals surface area contributed by atoms with Gasteiger partial charge in [-0.3, -0.25) is 4.98 Å². The third kappa shape index (κ3) is 5.11. The Morgan fingerprint density at radius 3 is 2.62 bits per heavy atom. The minimum absolute atomic E-state index is 0.353. The van der Waals surface area contributed by atoms with Crippen LogP contribution in [0.25, 0.3) is 0 Å². The van der Waals surface area contributed by atoms with E-state index in [1.165, 1.54) is 6.20 Å². The quantitative estimate of drug-likeness (QED) is 0.662. The molecule has 0 bridgehead atoms. The van der Waals surface area contributed by atoms with Gasteiger partial charge in [-0.15, -0.1) is 0 Å². The minimum atomic E-state index is -1.79. The zero-order valence-corrected chi connectivity index (χ0v) is 9.63. The second-order valence-corrected chi connectivity index (χ2v) is 3.84. The molecular formula is C10H17BN2O3. The van der Waals surface area contributed by atoms with Crippen molar-refractivity contribution in [3.8, 4) is 5.75 Å². The Labute approximate surface area is 95.9 Å². The summed E-state index contributed by atoms with van der Waals surface area (Å²) >= 11 is 0. The van der Waals surface area contributed by atoms with Crippen molar-refractivity contribution < 1.29 is 14.7 Å². The van der Waals surface area contributed by atoms with Crippen molar-refractivity contribution in [1.29, 1.82) is 0 Å². The molecule has 88 valence electrons. The Bertz CT molecular complexity index is 303. The zero-order valence-electron chi connectivity index (χ0n) is 9.63. The first-order chi connectivity index (χ1) is 7.58. The normalized spacial score (nSPS) is 10.6. The first kappa shape index (κ1) is 13.0. The maximum absolute atomic E-state index is 8.58. The van der Waals surface area contributed by atoms with Crippen molar-refractivity contribution in [3.63, 3.8) is 0 Å². The van der Waals surface area contributed by atoms with E-state index in [2.05, 4.69) is 14.5 Å². The molecule has 5 nitrogen and oxygen atoms in total. The van der Waals surface area contributed by atoms with Gasteiger partial charge in [0.15, 0.2) is 0 Å². The van der Waals surface area contributed by atoms with Gasteiger partial charge in [0.05, 0.1) is 6.20 Å². The van der Waals surface area contributed by atoms with E-state index in [0.29, 0.717) is 5.75 Å². The Balaban J connectivity index is 2.39. The Kier molecular flexibility index (Phi) is 5.24. The molecule has 0 unspecified atom stereocenters. The van der Waals surface area contributed by atoms with Crippen LogP contribution in [0.5, 0.6) is 5.75 Å². The minimum Gasteiger partial charge on any atom is -0.511 e. The summed E-state index contributed by atoms with van der Waals surface area (Å²) in [7, 11) is 2.28. The summed E-state index contributed by atoms with van der Waals surface area (Å²) in [6.45, 7) is 1.02. The first-order valence-corrected chi connectivity index (χ1v) is 5.20. The second kappa shape index (κ2) is 6.47. The molecule has 1 rings (SSSR count). The van der Waals surface area contributed by atoms with Crippen molar-refractivity contribution in [1.82, 2.24) is 9.88 Å². The average molecular weight is 224 g/mol. The molecule has 1 heterocycles. The van der Waals surface area contributed by atoms with Crippen LogP contribution in [0.1, 0.15) is 12.1 Å². The maximum atomic E-state index is 8.58. The lowest BCUT2D eigenvalue weighted by molar-refractivity contribution is 0.287. The van der Waals surface area contributed by atoms with Gasteiger partial charge in [0.1, 0.15) is 5.75 Å². The van der Waals surface area contributed by atoms with Crippen LogP contribution in [0.15, 0.2) is 18.3 Å². The number of aromatic nitrogens is 1. The second-order valence-electron chi connectivity index (χ2n) is 3.84. The molecule has 0 atom stereocenters. The molecule has 16 heavy (non-hydrogen) atoms. The lowest BCUT2D eigenvalue weighted by Gasteiger charge is -2.09. The van der Waals surface area contributed by atoms with E-state index in [-0.39, 0.29) is 0 Å². The number of hydrogen-bond acceptors (Lipinski definition) is 5. The summed E-state index contributed by atoms with van der Waals surface area (Å²) in [5, 5.41) is 17.2. The Hall–Kier alpha value is -1.11. The van der Waals surface area contributed by atoms with Crippen LogP contribution in [0.3, 0.4) is 0 Å². The number of nitrogens with zero attached hydrogens (tertiary/aromatic N) is 2. The largest absolute Gasteiger partial charge is 0.707 e. The van der Waals surface area contributed by atoms with Crippen molar-refractivity contribution >= 4 is 7.32 Å². The number of pyridine rings is 1. The highest BCUT2D eigenvalue weighted by Gasteiger charge is 2.10. The van der Waals surface area contributed by atoms with Gasteiger partial charge in [-0.05, 0) is 45.6 Å². The maximum Gasteiger partial charge on any atom is 0.707 e. The van der Waals surface area contributed by atoms with Crippen LogP contribution in [0, 0.1) is 0 Å². The number of rotatable bonds is 6. The highest BCUT2D eigenvalue weighted by molar-refractivity contribution is 6.33. The number of aryl methyl sites for hydroxylation is 1. The van der Waals surface area contributed by atoms with Crippen molar-refractivity contribution in [3.05, 3.63) is 24.0 Å². The Morgan fingerprint density at radius 1 is 1.38 bits per heavy atom. The molecule has 0 saturated carbocycles. The SMILES string of the molecule is CN(C)CCCc1ccc(OB(O)O)cn1. The summed E-state index contributed by atoms with van der Waals surface area (Å²) in [5.41, 5.74) is 0.974. The summed E-state index contributed by atoms with van der Waals surface area (Å²) in [6.07, 6.45) is 3.44. The molecule has 0 aromatic carbocycles.